The van der Waals surface area contributed by atoms with E-state index in [9.17, 15) is 13.2 Å². The average Bonchev–Trinajstić information content (AvgIpc) is 2.91. The molecule has 1 amide bonds. The van der Waals surface area contributed by atoms with E-state index in [1.165, 1.54) is 30.5 Å². The van der Waals surface area contributed by atoms with Gasteiger partial charge in [0, 0.05) is 17.8 Å². The maximum absolute atomic E-state index is 12.1. The van der Waals surface area contributed by atoms with E-state index < -0.39 is 15.9 Å². The molecule has 0 bridgehead atoms. The number of aromatic nitrogens is 2. The quantitative estimate of drug-likeness (QED) is 0.905. The van der Waals surface area contributed by atoms with Crippen LogP contribution >= 0.6 is 11.6 Å². The molecule has 1 aromatic heterocycles. The number of halogens is 1. The molecule has 2 aromatic rings. The third-order valence-electron chi connectivity index (χ3n) is 3.15. The molecule has 1 aliphatic heterocycles. The summed E-state index contributed by atoms with van der Waals surface area (Å²) in [5.74, 6) is -0.183. The van der Waals surface area contributed by atoms with Gasteiger partial charge in [-0.2, -0.15) is 0 Å². The second-order valence-electron chi connectivity index (χ2n) is 4.68. The van der Waals surface area contributed by atoms with Gasteiger partial charge in [-0.05, 0) is 24.3 Å². The molecular formula is C13H12ClN3O4S. The smallest absolute Gasteiger partial charge is 0.285 e. The Labute approximate surface area is 131 Å². The van der Waals surface area contributed by atoms with Crippen LogP contribution in [0.15, 0.2) is 35.4 Å². The van der Waals surface area contributed by atoms with E-state index in [0.717, 1.165) is 0 Å². The Kier molecular flexibility index (Phi) is 3.90. The summed E-state index contributed by atoms with van der Waals surface area (Å²) in [6, 6.07) is 5.52. The highest BCUT2D eigenvalue weighted by Crippen LogP contribution is 2.15. The first-order chi connectivity index (χ1) is 10.5. The fraction of sp³-hybridized carbons (Fsp3) is 0.231. The van der Waals surface area contributed by atoms with Crippen molar-refractivity contribution in [3.8, 4) is 0 Å². The Hall–Kier alpha value is -1.90. The number of amides is 1. The van der Waals surface area contributed by atoms with E-state index in [1.54, 1.807) is 4.57 Å². The molecule has 9 heteroatoms. The van der Waals surface area contributed by atoms with E-state index in [4.69, 9.17) is 16.3 Å². The normalized spacial score (nSPS) is 14.4. The Morgan fingerprint density at radius 3 is 2.73 bits per heavy atom. The zero-order valence-electron chi connectivity index (χ0n) is 11.3. The standard InChI is InChI=1S/C13H12ClN3O4S/c14-9-1-3-10(4-2-9)22(19,20)16-13(18)11-7-17-5-6-21-8-12(17)15-11/h1-4,7H,5-6,8H2,(H,16,18). The SMILES string of the molecule is O=C(NS(=O)(=O)c1ccc(Cl)cc1)c1cn2c(n1)COCC2. The zero-order valence-corrected chi connectivity index (χ0v) is 12.9. The highest BCUT2D eigenvalue weighted by molar-refractivity contribution is 7.90. The highest BCUT2D eigenvalue weighted by atomic mass is 35.5. The number of sulfonamides is 1. The van der Waals surface area contributed by atoms with Crippen molar-refractivity contribution < 1.29 is 17.9 Å². The summed E-state index contributed by atoms with van der Waals surface area (Å²) in [4.78, 5) is 16.1. The van der Waals surface area contributed by atoms with Crippen molar-refractivity contribution in [1.29, 1.82) is 0 Å². The van der Waals surface area contributed by atoms with Crippen molar-refractivity contribution in [3.05, 3.63) is 47.0 Å². The summed E-state index contributed by atoms with van der Waals surface area (Å²) >= 11 is 5.71. The Balaban J connectivity index is 1.81. The number of imidazole rings is 1. The van der Waals surface area contributed by atoms with E-state index in [0.29, 0.717) is 30.6 Å². The van der Waals surface area contributed by atoms with Crippen LogP contribution in [0.5, 0.6) is 0 Å². The van der Waals surface area contributed by atoms with Crippen LogP contribution in [0, 0.1) is 0 Å². The van der Waals surface area contributed by atoms with Gasteiger partial charge in [-0.1, -0.05) is 11.6 Å². The van der Waals surface area contributed by atoms with Crippen LogP contribution in [-0.2, 0) is 27.9 Å². The number of benzene rings is 1. The van der Waals surface area contributed by atoms with Crippen LogP contribution in [0.2, 0.25) is 5.02 Å². The lowest BCUT2D eigenvalue weighted by Gasteiger charge is -2.13. The fourth-order valence-electron chi connectivity index (χ4n) is 2.05. The Morgan fingerprint density at radius 2 is 2.05 bits per heavy atom. The molecule has 1 aromatic carbocycles. The van der Waals surface area contributed by atoms with Gasteiger partial charge >= 0.3 is 0 Å². The predicted octanol–water partition coefficient (Wildman–Crippen LogP) is 1.19. The summed E-state index contributed by atoms with van der Waals surface area (Å²) < 4.78 is 33.3. The molecule has 7 nitrogen and oxygen atoms in total. The van der Waals surface area contributed by atoms with E-state index in [2.05, 4.69) is 4.98 Å². The van der Waals surface area contributed by atoms with Gasteiger partial charge in [0.05, 0.1) is 11.5 Å². The minimum absolute atomic E-state index is 0.0399. The molecule has 0 saturated carbocycles. The Bertz CT molecular complexity index is 791. The van der Waals surface area contributed by atoms with Crippen LogP contribution in [0.4, 0.5) is 0 Å². The number of ether oxygens (including phenoxy) is 1. The van der Waals surface area contributed by atoms with Gasteiger partial charge in [-0.3, -0.25) is 4.79 Å². The number of nitrogens with one attached hydrogen (secondary N) is 1. The third-order valence-corrected chi connectivity index (χ3v) is 4.75. The van der Waals surface area contributed by atoms with Gasteiger partial charge in [0.2, 0.25) is 0 Å². The van der Waals surface area contributed by atoms with Crippen molar-refractivity contribution in [3.63, 3.8) is 0 Å². The van der Waals surface area contributed by atoms with Gasteiger partial charge in [0.25, 0.3) is 15.9 Å². The molecule has 1 aliphatic rings. The summed E-state index contributed by atoms with van der Waals surface area (Å²) in [6.07, 6.45) is 1.52. The van der Waals surface area contributed by atoms with Gasteiger partial charge in [-0.25, -0.2) is 18.1 Å². The molecule has 0 radical (unpaired) electrons. The van der Waals surface area contributed by atoms with E-state index in [-0.39, 0.29) is 10.6 Å². The topological polar surface area (TPSA) is 90.3 Å². The lowest BCUT2D eigenvalue weighted by atomic mass is 10.4. The van der Waals surface area contributed by atoms with Gasteiger partial charge in [0.15, 0.2) is 0 Å². The minimum Gasteiger partial charge on any atom is -0.372 e. The van der Waals surface area contributed by atoms with E-state index >= 15 is 0 Å². The number of hydrogen-bond donors (Lipinski definition) is 1. The molecule has 22 heavy (non-hydrogen) atoms. The van der Waals surface area contributed by atoms with Crippen molar-refractivity contribution >= 4 is 27.5 Å². The van der Waals surface area contributed by atoms with Crippen LogP contribution in [0.1, 0.15) is 16.3 Å². The number of fused-ring (bicyclic) bond motifs is 1. The van der Waals surface area contributed by atoms with Crippen molar-refractivity contribution in [1.82, 2.24) is 14.3 Å². The highest BCUT2D eigenvalue weighted by Gasteiger charge is 2.22. The summed E-state index contributed by atoms with van der Waals surface area (Å²) in [5.41, 5.74) is 0.0399. The molecule has 0 atom stereocenters. The molecule has 0 aliphatic carbocycles. The minimum atomic E-state index is -3.96. The number of nitrogens with zero attached hydrogens (tertiary/aromatic N) is 2. The average molecular weight is 342 g/mol. The molecule has 2 heterocycles. The third kappa shape index (κ3) is 2.99. The van der Waals surface area contributed by atoms with Crippen LogP contribution < -0.4 is 4.72 Å². The van der Waals surface area contributed by atoms with E-state index in [1.807, 2.05) is 4.72 Å². The molecule has 3 rings (SSSR count). The first-order valence-electron chi connectivity index (χ1n) is 6.42. The molecule has 1 N–H and O–H groups in total. The second-order valence-corrected chi connectivity index (χ2v) is 6.80. The first-order valence-corrected chi connectivity index (χ1v) is 8.28. The number of carbonyl (C=O) groups excluding carboxylic acids is 1. The van der Waals surface area contributed by atoms with Crippen LogP contribution in [0.25, 0.3) is 0 Å². The number of carbonyl (C=O) groups is 1. The van der Waals surface area contributed by atoms with Crippen LogP contribution in [-0.4, -0.2) is 30.5 Å². The lowest BCUT2D eigenvalue weighted by Crippen LogP contribution is -2.30. The predicted molar refractivity (Wildman–Crippen MR) is 78.0 cm³/mol. The summed E-state index contributed by atoms with van der Waals surface area (Å²) in [7, 11) is -3.96. The molecule has 0 unspecified atom stereocenters. The largest absolute Gasteiger partial charge is 0.372 e. The van der Waals surface area contributed by atoms with Gasteiger partial charge < -0.3 is 9.30 Å². The first kappa shape index (κ1) is 15.0. The zero-order chi connectivity index (χ0) is 15.7. The van der Waals surface area contributed by atoms with Crippen molar-refractivity contribution in [2.24, 2.45) is 0 Å². The number of hydrogen-bond acceptors (Lipinski definition) is 5. The Morgan fingerprint density at radius 1 is 1.32 bits per heavy atom. The van der Waals surface area contributed by atoms with Crippen molar-refractivity contribution in [2.45, 2.75) is 18.0 Å². The monoisotopic (exact) mass is 341 g/mol. The molecule has 0 saturated heterocycles. The summed E-state index contributed by atoms with van der Waals surface area (Å²) in [5, 5.41) is 0.409. The molecule has 0 spiro atoms. The van der Waals surface area contributed by atoms with Gasteiger partial charge in [0.1, 0.15) is 18.1 Å². The maximum atomic E-state index is 12.1. The van der Waals surface area contributed by atoms with Gasteiger partial charge in [-0.15, -0.1) is 0 Å². The second kappa shape index (κ2) is 5.71. The molecular weight excluding hydrogens is 330 g/mol. The summed E-state index contributed by atoms with van der Waals surface area (Å²) in [6.45, 7) is 1.42. The number of rotatable bonds is 3. The van der Waals surface area contributed by atoms with Crippen LogP contribution in [0.3, 0.4) is 0 Å². The van der Waals surface area contributed by atoms with Crippen molar-refractivity contribution in [2.75, 3.05) is 6.61 Å². The molecule has 116 valence electrons. The maximum Gasteiger partial charge on any atom is 0.285 e. The fourth-order valence-corrected chi connectivity index (χ4v) is 3.13. The lowest BCUT2D eigenvalue weighted by molar-refractivity contribution is 0.0816. The molecule has 0 fully saturated rings.